The number of pyridine rings is 2. The van der Waals surface area contributed by atoms with E-state index in [1.54, 1.807) is 12.4 Å². The van der Waals surface area contributed by atoms with Crippen molar-refractivity contribution in [2.45, 2.75) is 25.8 Å². The molecule has 0 atom stereocenters. The van der Waals surface area contributed by atoms with Crippen molar-refractivity contribution in [2.24, 2.45) is 0 Å². The molecule has 5 heterocycles. The number of aromatic amines is 2. The van der Waals surface area contributed by atoms with Crippen molar-refractivity contribution >= 4 is 27.8 Å². The summed E-state index contributed by atoms with van der Waals surface area (Å²) in [6.45, 7) is 2.81. The Bertz CT molecular complexity index is 1510. The molecule has 0 bridgehead atoms. The van der Waals surface area contributed by atoms with E-state index >= 15 is 4.39 Å². The van der Waals surface area contributed by atoms with Gasteiger partial charge < -0.3 is 14.8 Å². The van der Waals surface area contributed by atoms with Crippen LogP contribution < -0.4 is 4.90 Å². The molecule has 0 aliphatic carbocycles. The Hall–Kier alpha value is -3.85. The Morgan fingerprint density at radius 2 is 1.91 bits per heavy atom. The SMILES string of the molecule is CN(C)Cc1cncc(-c2cc(F)c3n[nH]c(-c4nc5nccc(N6CCCCC6)c5[nH]4)c3c2)c1. The van der Waals surface area contributed by atoms with Crippen LogP contribution in [-0.4, -0.2) is 62.2 Å². The largest absolute Gasteiger partial charge is 0.370 e. The van der Waals surface area contributed by atoms with Crippen molar-refractivity contribution in [3.63, 3.8) is 0 Å². The smallest absolute Gasteiger partial charge is 0.180 e. The van der Waals surface area contributed by atoms with Crippen LogP contribution in [-0.2, 0) is 6.54 Å². The standard InChI is InChI=1S/C26H27FN8/c1-34(2)15-16-10-18(14-28-13-16)17-11-19-22(20(27)12-17)32-33-23(19)26-30-24-21(6-7-29-25(24)31-26)35-8-4-3-5-9-35/h6-7,10-14H,3-5,8-9,15H2,1-2H3,(H,32,33)(H,29,30,31). The molecular weight excluding hydrogens is 443 g/mol. The van der Waals surface area contributed by atoms with Crippen LogP contribution in [0.5, 0.6) is 0 Å². The maximum atomic E-state index is 15.1. The number of nitrogens with zero attached hydrogens (tertiary/aromatic N) is 6. The molecule has 6 rings (SSSR count). The molecule has 1 fully saturated rings. The molecule has 8 nitrogen and oxygen atoms in total. The Labute approximate surface area is 202 Å². The first kappa shape index (κ1) is 21.7. The van der Waals surface area contributed by atoms with Crippen molar-refractivity contribution < 1.29 is 4.39 Å². The van der Waals surface area contributed by atoms with Crippen molar-refractivity contribution in [1.82, 2.24) is 35.0 Å². The van der Waals surface area contributed by atoms with Crippen LogP contribution >= 0.6 is 0 Å². The normalized spacial score (nSPS) is 14.5. The van der Waals surface area contributed by atoms with E-state index in [0.29, 0.717) is 22.6 Å². The van der Waals surface area contributed by atoms with E-state index < -0.39 is 0 Å². The first-order chi connectivity index (χ1) is 17.1. The van der Waals surface area contributed by atoms with Crippen LogP contribution in [0.15, 0.2) is 42.9 Å². The summed E-state index contributed by atoms with van der Waals surface area (Å²) in [5, 5.41) is 7.92. The maximum Gasteiger partial charge on any atom is 0.180 e. The molecule has 4 aromatic heterocycles. The highest BCUT2D eigenvalue weighted by Gasteiger charge is 2.20. The van der Waals surface area contributed by atoms with Crippen LogP contribution in [0.3, 0.4) is 0 Å². The third-order valence-corrected chi connectivity index (χ3v) is 6.54. The first-order valence-corrected chi connectivity index (χ1v) is 11.9. The van der Waals surface area contributed by atoms with Crippen LogP contribution in [0.1, 0.15) is 24.8 Å². The molecule has 0 saturated carbocycles. The lowest BCUT2D eigenvalue weighted by atomic mass is 10.0. The third kappa shape index (κ3) is 4.01. The number of hydrogen-bond donors (Lipinski definition) is 2. The highest BCUT2D eigenvalue weighted by atomic mass is 19.1. The second-order valence-corrected chi connectivity index (χ2v) is 9.43. The van der Waals surface area contributed by atoms with Gasteiger partial charge in [-0.15, -0.1) is 0 Å². The monoisotopic (exact) mass is 470 g/mol. The summed E-state index contributed by atoms with van der Waals surface area (Å²) >= 11 is 0. The van der Waals surface area contributed by atoms with Crippen LogP contribution in [0.4, 0.5) is 10.1 Å². The summed E-state index contributed by atoms with van der Waals surface area (Å²) in [7, 11) is 4.02. The number of H-pyrrole nitrogens is 2. The topological polar surface area (TPSA) is 89.6 Å². The number of nitrogens with one attached hydrogen (secondary N) is 2. The number of anilines is 1. The number of fused-ring (bicyclic) bond motifs is 2. The molecular formula is C26H27FN8. The minimum Gasteiger partial charge on any atom is -0.370 e. The van der Waals surface area contributed by atoms with Crippen molar-refractivity contribution in [2.75, 3.05) is 32.1 Å². The van der Waals surface area contributed by atoms with Gasteiger partial charge in [0.1, 0.15) is 16.7 Å². The molecule has 0 amide bonds. The number of benzene rings is 1. The van der Waals surface area contributed by atoms with Gasteiger partial charge in [0.2, 0.25) is 0 Å². The predicted octanol–water partition coefficient (Wildman–Crippen LogP) is 4.75. The highest BCUT2D eigenvalue weighted by molar-refractivity contribution is 5.97. The lowest BCUT2D eigenvalue weighted by Crippen LogP contribution is -2.29. The zero-order valence-corrected chi connectivity index (χ0v) is 19.8. The molecule has 0 spiro atoms. The zero-order valence-electron chi connectivity index (χ0n) is 19.8. The molecule has 0 unspecified atom stereocenters. The molecule has 1 aliphatic rings. The van der Waals surface area contributed by atoms with Gasteiger partial charge in [-0.3, -0.25) is 10.1 Å². The maximum absolute atomic E-state index is 15.1. The van der Waals surface area contributed by atoms with Gasteiger partial charge in [0, 0.05) is 49.2 Å². The fourth-order valence-corrected chi connectivity index (χ4v) is 4.93. The molecule has 178 valence electrons. The average Bonchev–Trinajstić information content (AvgIpc) is 3.48. The van der Waals surface area contributed by atoms with E-state index in [-0.39, 0.29) is 11.3 Å². The van der Waals surface area contributed by atoms with Gasteiger partial charge in [-0.05, 0) is 68.8 Å². The fraction of sp³-hybridized carbons (Fsp3) is 0.308. The van der Waals surface area contributed by atoms with Crippen LogP contribution in [0.2, 0.25) is 0 Å². The number of piperidine rings is 1. The van der Waals surface area contributed by atoms with Gasteiger partial charge in [0.25, 0.3) is 0 Å². The molecule has 1 aliphatic heterocycles. The van der Waals surface area contributed by atoms with E-state index in [1.165, 1.54) is 25.3 Å². The van der Waals surface area contributed by atoms with Gasteiger partial charge >= 0.3 is 0 Å². The fourth-order valence-electron chi connectivity index (χ4n) is 4.93. The van der Waals surface area contributed by atoms with Gasteiger partial charge in [-0.1, -0.05) is 0 Å². The molecule has 2 N–H and O–H groups in total. The van der Waals surface area contributed by atoms with E-state index in [1.807, 2.05) is 38.5 Å². The van der Waals surface area contributed by atoms with E-state index in [4.69, 9.17) is 4.98 Å². The Kier molecular flexibility index (Phi) is 5.41. The highest BCUT2D eigenvalue weighted by Crippen LogP contribution is 2.34. The molecule has 5 aromatic rings. The van der Waals surface area contributed by atoms with Crippen molar-refractivity contribution in [3.8, 4) is 22.6 Å². The summed E-state index contributed by atoms with van der Waals surface area (Å²) in [6, 6.07) is 7.54. The second kappa shape index (κ2) is 8.74. The first-order valence-electron chi connectivity index (χ1n) is 11.9. The van der Waals surface area contributed by atoms with E-state index in [9.17, 15) is 0 Å². The summed E-state index contributed by atoms with van der Waals surface area (Å²) in [5.74, 6) is 0.205. The average molecular weight is 471 g/mol. The Morgan fingerprint density at radius 1 is 1.06 bits per heavy atom. The van der Waals surface area contributed by atoms with Gasteiger partial charge in [-0.25, -0.2) is 14.4 Å². The molecule has 0 radical (unpaired) electrons. The van der Waals surface area contributed by atoms with Crippen LogP contribution in [0, 0.1) is 5.82 Å². The lowest BCUT2D eigenvalue weighted by Gasteiger charge is -2.28. The van der Waals surface area contributed by atoms with Gasteiger partial charge in [0.15, 0.2) is 17.3 Å². The lowest BCUT2D eigenvalue weighted by molar-refractivity contribution is 0.402. The van der Waals surface area contributed by atoms with Crippen LogP contribution in [0.25, 0.3) is 44.7 Å². The quantitative estimate of drug-likeness (QED) is 0.385. The summed E-state index contributed by atoms with van der Waals surface area (Å²) in [6.07, 6.45) is 9.03. The number of hydrogen-bond acceptors (Lipinski definition) is 6. The number of rotatable bonds is 5. The predicted molar refractivity (Wildman–Crippen MR) is 136 cm³/mol. The summed E-state index contributed by atoms with van der Waals surface area (Å²) < 4.78 is 15.1. The number of imidazole rings is 1. The molecule has 1 aromatic carbocycles. The Morgan fingerprint density at radius 3 is 2.74 bits per heavy atom. The second-order valence-electron chi connectivity index (χ2n) is 9.43. The van der Waals surface area contributed by atoms with Crippen molar-refractivity contribution in [3.05, 3.63) is 54.2 Å². The molecule has 9 heteroatoms. The van der Waals surface area contributed by atoms with E-state index in [0.717, 1.165) is 47.5 Å². The zero-order chi connectivity index (χ0) is 23.9. The van der Waals surface area contributed by atoms with Gasteiger partial charge in [-0.2, -0.15) is 5.10 Å². The van der Waals surface area contributed by atoms with Gasteiger partial charge in [0.05, 0.1) is 5.69 Å². The van der Waals surface area contributed by atoms with E-state index in [2.05, 4.69) is 34.9 Å². The third-order valence-electron chi connectivity index (χ3n) is 6.54. The minimum absolute atomic E-state index is 0.283. The number of aromatic nitrogens is 6. The Balaban J connectivity index is 1.44. The summed E-state index contributed by atoms with van der Waals surface area (Å²) in [5.41, 5.74) is 6.23. The molecule has 35 heavy (non-hydrogen) atoms. The molecule has 1 saturated heterocycles. The van der Waals surface area contributed by atoms with Crippen molar-refractivity contribution in [1.29, 1.82) is 0 Å². The summed E-state index contributed by atoms with van der Waals surface area (Å²) in [4.78, 5) is 21.5. The minimum atomic E-state index is -0.388. The number of halogens is 1.